The van der Waals surface area contributed by atoms with Gasteiger partial charge in [0.15, 0.2) is 5.96 Å². The van der Waals surface area contributed by atoms with Gasteiger partial charge in [0.1, 0.15) is 5.82 Å². The second kappa shape index (κ2) is 4.95. The van der Waals surface area contributed by atoms with Crippen LogP contribution in [-0.4, -0.2) is 12.5 Å². The van der Waals surface area contributed by atoms with Crippen LogP contribution in [0.15, 0.2) is 27.7 Å². The lowest BCUT2D eigenvalue weighted by atomic mass is 10.3. The summed E-state index contributed by atoms with van der Waals surface area (Å²) in [4.78, 5) is 3.89. The third kappa shape index (κ3) is 2.99. The maximum absolute atomic E-state index is 13.2. The number of hydrogen-bond acceptors (Lipinski definition) is 1. The van der Waals surface area contributed by atoms with Gasteiger partial charge in [-0.1, -0.05) is 15.9 Å². The lowest BCUT2D eigenvalue weighted by Gasteiger charge is -2.06. The predicted molar refractivity (Wildman–Crippen MR) is 59.9 cm³/mol. The van der Waals surface area contributed by atoms with Gasteiger partial charge in [0.05, 0.1) is 5.69 Å². The zero-order valence-corrected chi connectivity index (χ0v) is 9.31. The van der Waals surface area contributed by atoms with E-state index in [1.165, 1.54) is 6.07 Å². The summed E-state index contributed by atoms with van der Waals surface area (Å²) in [5.41, 5.74) is 5.81. The number of nitrogens with two attached hydrogens (primary N) is 1. The summed E-state index contributed by atoms with van der Waals surface area (Å²) < 4.78 is 14.0. The molecule has 3 nitrogen and oxygen atoms in total. The van der Waals surface area contributed by atoms with Gasteiger partial charge >= 0.3 is 0 Å². The molecule has 5 heteroatoms. The van der Waals surface area contributed by atoms with Crippen molar-refractivity contribution in [2.45, 2.75) is 6.92 Å². The van der Waals surface area contributed by atoms with E-state index in [0.29, 0.717) is 12.2 Å². The molecular weight excluding hydrogens is 249 g/mol. The number of anilines is 1. The third-order valence-corrected chi connectivity index (χ3v) is 2.01. The van der Waals surface area contributed by atoms with Crippen LogP contribution in [0.5, 0.6) is 0 Å². The Morgan fingerprint density at radius 1 is 1.64 bits per heavy atom. The van der Waals surface area contributed by atoms with E-state index in [1.54, 1.807) is 12.1 Å². The molecule has 1 rings (SSSR count). The highest BCUT2D eigenvalue weighted by atomic mass is 79.9. The van der Waals surface area contributed by atoms with Crippen LogP contribution in [0, 0.1) is 5.82 Å². The Labute approximate surface area is 90.3 Å². The number of nitrogens with zero attached hydrogens (tertiary/aromatic N) is 1. The van der Waals surface area contributed by atoms with Crippen LogP contribution >= 0.6 is 15.9 Å². The van der Waals surface area contributed by atoms with Gasteiger partial charge in [-0.15, -0.1) is 0 Å². The Kier molecular flexibility index (Phi) is 3.88. The fourth-order valence-electron chi connectivity index (χ4n) is 0.941. The van der Waals surface area contributed by atoms with Crippen molar-refractivity contribution in [3.63, 3.8) is 0 Å². The first-order chi connectivity index (χ1) is 6.63. The molecule has 0 saturated carbocycles. The SMILES string of the molecule is CCN=C(N)Nc1cc(Br)ccc1F. The molecule has 1 aromatic rings. The Balaban J connectivity index is 2.85. The van der Waals surface area contributed by atoms with Gasteiger partial charge in [-0.25, -0.2) is 4.39 Å². The van der Waals surface area contributed by atoms with Crippen molar-refractivity contribution in [3.05, 3.63) is 28.5 Å². The lowest BCUT2D eigenvalue weighted by Crippen LogP contribution is -2.23. The molecule has 0 amide bonds. The normalized spacial score (nSPS) is 11.5. The van der Waals surface area contributed by atoms with Crippen molar-refractivity contribution in [1.29, 1.82) is 0 Å². The zero-order valence-electron chi connectivity index (χ0n) is 7.72. The predicted octanol–water partition coefficient (Wildman–Crippen LogP) is 2.33. The monoisotopic (exact) mass is 259 g/mol. The average Bonchev–Trinajstić information content (AvgIpc) is 2.12. The highest BCUT2D eigenvalue weighted by molar-refractivity contribution is 9.10. The molecule has 0 atom stereocenters. The van der Waals surface area contributed by atoms with Crippen molar-refractivity contribution in [2.75, 3.05) is 11.9 Å². The molecular formula is C9H11BrFN3. The molecule has 0 aliphatic carbocycles. The summed E-state index contributed by atoms with van der Waals surface area (Å²) in [6.45, 7) is 2.42. The second-order valence-electron chi connectivity index (χ2n) is 2.61. The van der Waals surface area contributed by atoms with Crippen molar-refractivity contribution in [2.24, 2.45) is 10.7 Å². The van der Waals surface area contributed by atoms with Gasteiger partial charge in [0, 0.05) is 11.0 Å². The largest absolute Gasteiger partial charge is 0.370 e. The second-order valence-corrected chi connectivity index (χ2v) is 3.52. The van der Waals surface area contributed by atoms with Gasteiger partial charge in [0.2, 0.25) is 0 Å². The summed E-state index contributed by atoms with van der Waals surface area (Å²) >= 11 is 3.24. The molecule has 0 spiro atoms. The number of hydrogen-bond donors (Lipinski definition) is 2. The van der Waals surface area contributed by atoms with Crippen LogP contribution in [-0.2, 0) is 0 Å². The van der Waals surface area contributed by atoms with E-state index in [1.807, 2.05) is 6.92 Å². The minimum absolute atomic E-state index is 0.213. The maximum Gasteiger partial charge on any atom is 0.193 e. The minimum atomic E-state index is -0.359. The van der Waals surface area contributed by atoms with E-state index in [2.05, 4.69) is 26.2 Å². The van der Waals surface area contributed by atoms with Gasteiger partial charge < -0.3 is 11.1 Å². The summed E-state index contributed by atoms with van der Waals surface area (Å²) in [7, 11) is 0. The Morgan fingerprint density at radius 2 is 2.36 bits per heavy atom. The van der Waals surface area contributed by atoms with E-state index in [9.17, 15) is 4.39 Å². The van der Waals surface area contributed by atoms with Crippen LogP contribution in [0.2, 0.25) is 0 Å². The van der Waals surface area contributed by atoms with Gasteiger partial charge in [-0.05, 0) is 25.1 Å². The van der Waals surface area contributed by atoms with E-state index in [-0.39, 0.29) is 11.8 Å². The number of benzene rings is 1. The smallest absolute Gasteiger partial charge is 0.193 e. The highest BCUT2D eigenvalue weighted by Gasteiger charge is 2.02. The fraction of sp³-hybridized carbons (Fsp3) is 0.222. The molecule has 1 aromatic carbocycles. The molecule has 0 heterocycles. The van der Waals surface area contributed by atoms with Crippen LogP contribution in [0.25, 0.3) is 0 Å². The first-order valence-corrected chi connectivity index (χ1v) is 4.94. The van der Waals surface area contributed by atoms with Crippen LogP contribution in [0.4, 0.5) is 10.1 Å². The number of guanidine groups is 1. The Morgan fingerprint density at radius 3 is 3.00 bits per heavy atom. The Bertz CT molecular complexity index is 352. The van der Waals surface area contributed by atoms with E-state index in [0.717, 1.165) is 4.47 Å². The molecule has 0 saturated heterocycles. The van der Waals surface area contributed by atoms with E-state index in [4.69, 9.17) is 5.73 Å². The van der Waals surface area contributed by atoms with E-state index >= 15 is 0 Å². The molecule has 0 aromatic heterocycles. The molecule has 76 valence electrons. The molecule has 14 heavy (non-hydrogen) atoms. The van der Waals surface area contributed by atoms with E-state index < -0.39 is 0 Å². The van der Waals surface area contributed by atoms with Crippen LogP contribution in [0.1, 0.15) is 6.92 Å². The van der Waals surface area contributed by atoms with Crippen molar-refractivity contribution in [3.8, 4) is 0 Å². The molecule has 0 bridgehead atoms. The first-order valence-electron chi connectivity index (χ1n) is 4.15. The van der Waals surface area contributed by atoms with Gasteiger partial charge in [0.25, 0.3) is 0 Å². The standard InChI is InChI=1S/C9H11BrFN3/c1-2-13-9(12)14-8-5-6(10)3-4-7(8)11/h3-5H,2H2,1H3,(H3,12,13,14). The van der Waals surface area contributed by atoms with Crippen LogP contribution < -0.4 is 11.1 Å². The number of nitrogens with one attached hydrogen (secondary N) is 1. The summed E-state index contributed by atoms with van der Waals surface area (Å²) in [5, 5.41) is 2.67. The zero-order chi connectivity index (χ0) is 10.6. The molecule has 0 aliphatic heterocycles. The van der Waals surface area contributed by atoms with Crippen molar-refractivity contribution >= 4 is 27.6 Å². The maximum atomic E-state index is 13.2. The molecule has 3 N–H and O–H groups in total. The number of rotatable bonds is 2. The minimum Gasteiger partial charge on any atom is -0.370 e. The fourth-order valence-corrected chi connectivity index (χ4v) is 1.30. The molecule has 0 aliphatic rings. The highest BCUT2D eigenvalue weighted by Crippen LogP contribution is 2.19. The summed E-state index contributed by atoms with van der Waals surface area (Å²) in [6.07, 6.45) is 0. The number of halogens is 2. The third-order valence-electron chi connectivity index (χ3n) is 1.52. The first kappa shape index (κ1) is 11.0. The Hall–Kier alpha value is -1.10. The van der Waals surface area contributed by atoms with Crippen LogP contribution in [0.3, 0.4) is 0 Å². The molecule has 0 unspecified atom stereocenters. The quantitative estimate of drug-likeness (QED) is 0.633. The summed E-state index contributed by atoms with van der Waals surface area (Å²) in [6, 6.07) is 4.58. The molecule has 0 radical (unpaired) electrons. The van der Waals surface area contributed by atoms with Gasteiger partial charge in [-0.3, -0.25) is 4.99 Å². The topological polar surface area (TPSA) is 50.4 Å². The van der Waals surface area contributed by atoms with Crippen molar-refractivity contribution in [1.82, 2.24) is 0 Å². The lowest BCUT2D eigenvalue weighted by molar-refractivity contribution is 0.632. The number of aliphatic imine (C=N–C) groups is 1. The molecule has 0 fully saturated rings. The average molecular weight is 260 g/mol. The summed E-state index contributed by atoms with van der Waals surface area (Å²) in [5.74, 6) is -0.146. The van der Waals surface area contributed by atoms with Gasteiger partial charge in [-0.2, -0.15) is 0 Å². The van der Waals surface area contributed by atoms with Crippen molar-refractivity contribution < 1.29 is 4.39 Å².